The molecule has 1 aromatic carbocycles. The second kappa shape index (κ2) is 2.86. The number of hydrogen-bond donors (Lipinski definition) is 1. The summed E-state index contributed by atoms with van der Waals surface area (Å²) in [6.07, 6.45) is 3.71. The van der Waals surface area contributed by atoms with E-state index in [9.17, 15) is 0 Å². The van der Waals surface area contributed by atoms with Crippen molar-refractivity contribution in [1.29, 1.82) is 0 Å². The molecule has 4 rings (SSSR count). The molecule has 1 N–H and O–H groups in total. The number of nitrogens with one attached hydrogen (secondary N) is 1. The normalized spacial score (nSPS) is 12.8. The van der Waals surface area contributed by atoms with Crippen LogP contribution in [-0.4, -0.2) is 15.2 Å². The predicted octanol–water partition coefficient (Wildman–Crippen LogP) is 3.09. The summed E-state index contributed by atoms with van der Waals surface area (Å²) < 4.78 is 0. The first kappa shape index (κ1) is 8.35. The molecule has 0 bridgehead atoms. The molecule has 1 aliphatic rings. The number of H-pyrrole nitrogens is 1. The third-order valence-electron chi connectivity index (χ3n) is 2.81. The van der Waals surface area contributed by atoms with Crippen molar-refractivity contribution in [3.8, 4) is 11.3 Å². The van der Waals surface area contributed by atoms with Crippen molar-refractivity contribution in [3.63, 3.8) is 0 Å². The van der Waals surface area contributed by atoms with Crippen LogP contribution in [0.1, 0.15) is 0 Å². The van der Waals surface area contributed by atoms with E-state index in [1.165, 1.54) is 20.7 Å². The van der Waals surface area contributed by atoms with Gasteiger partial charge in [0.25, 0.3) is 0 Å². The van der Waals surface area contributed by atoms with Crippen molar-refractivity contribution < 1.29 is 0 Å². The molecule has 1 aliphatic heterocycles. The maximum absolute atomic E-state index is 4.40. The predicted molar refractivity (Wildman–Crippen MR) is 63.4 cm³/mol. The van der Waals surface area contributed by atoms with Crippen molar-refractivity contribution in [2.75, 3.05) is 0 Å². The van der Waals surface area contributed by atoms with Crippen molar-refractivity contribution >= 4 is 22.7 Å². The molecule has 2 aromatic heterocycles. The fraction of sp³-hybridized carbons (Fsp3) is 0. The molecule has 3 heterocycles. The average Bonchev–Trinajstić information content (AvgIpc) is 2.76. The monoisotopic (exact) mass is 225 g/mol. The van der Waals surface area contributed by atoms with Crippen molar-refractivity contribution in [2.45, 2.75) is 9.79 Å². The summed E-state index contributed by atoms with van der Waals surface area (Å²) in [5.41, 5.74) is 3.31. The third kappa shape index (κ3) is 0.945. The van der Waals surface area contributed by atoms with Crippen molar-refractivity contribution in [3.05, 3.63) is 36.7 Å². The van der Waals surface area contributed by atoms with Crippen LogP contribution in [0.3, 0.4) is 0 Å². The number of pyridine rings is 1. The first-order valence-electron chi connectivity index (χ1n) is 5.03. The van der Waals surface area contributed by atoms with E-state index in [-0.39, 0.29) is 0 Å². The fourth-order valence-electron chi connectivity index (χ4n) is 2.10. The van der Waals surface area contributed by atoms with Gasteiger partial charge in [0.15, 0.2) is 0 Å². The summed E-state index contributed by atoms with van der Waals surface area (Å²) >= 11 is 1.76. The van der Waals surface area contributed by atoms with Crippen LogP contribution in [0.5, 0.6) is 0 Å². The summed E-state index contributed by atoms with van der Waals surface area (Å²) in [6, 6.07) is 8.26. The van der Waals surface area contributed by atoms with Crippen molar-refractivity contribution in [1.82, 2.24) is 15.2 Å². The number of aromatic amines is 1. The lowest BCUT2D eigenvalue weighted by Gasteiger charge is -2.13. The van der Waals surface area contributed by atoms with Gasteiger partial charge in [0, 0.05) is 33.1 Å². The minimum atomic E-state index is 1.04. The molecule has 0 atom stereocenters. The van der Waals surface area contributed by atoms with Crippen LogP contribution in [-0.2, 0) is 0 Å². The number of aromatic nitrogens is 3. The van der Waals surface area contributed by atoms with Crippen LogP contribution >= 0.6 is 11.8 Å². The largest absolute Gasteiger partial charge is 0.277 e. The second-order valence-electron chi connectivity index (χ2n) is 3.72. The molecule has 16 heavy (non-hydrogen) atoms. The Morgan fingerprint density at radius 1 is 1.12 bits per heavy atom. The number of hydrogen-bond acceptors (Lipinski definition) is 3. The van der Waals surface area contributed by atoms with Gasteiger partial charge in [0.05, 0.1) is 5.52 Å². The van der Waals surface area contributed by atoms with Crippen LogP contribution in [0.4, 0.5) is 0 Å². The molecule has 76 valence electrons. The molecule has 0 saturated heterocycles. The van der Waals surface area contributed by atoms with E-state index in [4.69, 9.17) is 0 Å². The number of nitrogens with zero attached hydrogens (tertiary/aromatic N) is 2. The molecule has 4 heteroatoms. The molecular weight excluding hydrogens is 218 g/mol. The lowest BCUT2D eigenvalue weighted by Crippen LogP contribution is -1.90. The Balaban J connectivity index is 2.21. The zero-order valence-electron chi connectivity index (χ0n) is 8.27. The topological polar surface area (TPSA) is 41.6 Å². The molecule has 0 saturated carbocycles. The molecule has 3 aromatic rings. The minimum Gasteiger partial charge on any atom is -0.277 e. The summed E-state index contributed by atoms with van der Waals surface area (Å²) in [5.74, 6) is 0. The molecule has 0 aliphatic carbocycles. The van der Waals surface area contributed by atoms with Crippen LogP contribution in [0.25, 0.3) is 22.2 Å². The molecule has 0 fully saturated rings. The van der Waals surface area contributed by atoms with Crippen LogP contribution in [0.15, 0.2) is 46.5 Å². The Morgan fingerprint density at radius 3 is 3.12 bits per heavy atom. The van der Waals surface area contributed by atoms with Crippen LogP contribution < -0.4 is 0 Å². The first-order valence-corrected chi connectivity index (χ1v) is 5.84. The van der Waals surface area contributed by atoms with E-state index in [0.29, 0.717) is 0 Å². The first-order chi connectivity index (χ1) is 7.93. The van der Waals surface area contributed by atoms with E-state index in [2.05, 4.69) is 27.3 Å². The quantitative estimate of drug-likeness (QED) is 0.500. The smallest absolute Gasteiger partial charge is 0.102 e. The molecule has 0 amide bonds. The van der Waals surface area contributed by atoms with Gasteiger partial charge in [0.1, 0.15) is 5.69 Å². The molecular formula is C12H7N3S. The molecule has 0 unspecified atom stereocenters. The third-order valence-corrected chi connectivity index (χ3v) is 3.92. The summed E-state index contributed by atoms with van der Waals surface area (Å²) in [6.45, 7) is 0. The van der Waals surface area contributed by atoms with E-state index in [1.807, 2.05) is 24.5 Å². The number of benzene rings is 1. The van der Waals surface area contributed by atoms with E-state index < -0.39 is 0 Å². The highest BCUT2D eigenvalue weighted by Gasteiger charge is 2.21. The maximum atomic E-state index is 4.40. The Hall–Kier alpha value is -1.81. The Labute approximate surface area is 95.9 Å². The number of fused-ring (bicyclic) bond motifs is 2. The van der Waals surface area contributed by atoms with Gasteiger partial charge in [-0.15, -0.1) is 0 Å². The number of rotatable bonds is 0. The van der Waals surface area contributed by atoms with Gasteiger partial charge < -0.3 is 0 Å². The minimum absolute atomic E-state index is 1.04. The van der Waals surface area contributed by atoms with Gasteiger partial charge >= 0.3 is 0 Å². The van der Waals surface area contributed by atoms with E-state index in [0.717, 1.165) is 11.2 Å². The van der Waals surface area contributed by atoms with Crippen LogP contribution in [0, 0.1) is 0 Å². The molecule has 0 spiro atoms. The van der Waals surface area contributed by atoms with E-state index in [1.54, 1.807) is 11.8 Å². The van der Waals surface area contributed by atoms with Gasteiger partial charge in [-0.25, -0.2) is 0 Å². The van der Waals surface area contributed by atoms with Gasteiger partial charge in [-0.3, -0.25) is 10.1 Å². The zero-order chi connectivity index (χ0) is 10.5. The van der Waals surface area contributed by atoms with Crippen LogP contribution in [0.2, 0.25) is 0 Å². The summed E-state index contributed by atoms with van der Waals surface area (Å²) in [4.78, 5) is 6.59. The lowest BCUT2D eigenvalue weighted by atomic mass is 10.1. The standard InChI is InChI=1S/C12H7N3S/c1-2-8-11-9(3-1)16-10-6-13-5-4-7(10)12(11)15-14-8/h1-6H,(H,14,15). The maximum Gasteiger partial charge on any atom is 0.102 e. The highest BCUT2D eigenvalue weighted by molar-refractivity contribution is 7.99. The Kier molecular flexibility index (Phi) is 1.49. The van der Waals surface area contributed by atoms with Crippen molar-refractivity contribution in [2.24, 2.45) is 0 Å². The Morgan fingerprint density at radius 2 is 2.12 bits per heavy atom. The van der Waals surface area contributed by atoms with Gasteiger partial charge in [-0.2, -0.15) is 5.10 Å². The second-order valence-corrected chi connectivity index (χ2v) is 4.81. The van der Waals surface area contributed by atoms with Gasteiger partial charge in [-0.1, -0.05) is 17.8 Å². The molecule has 3 nitrogen and oxygen atoms in total. The summed E-state index contributed by atoms with van der Waals surface area (Å²) in [5, 5.41) is 8.71. The fourth-order valence-corrected chi connectivity index (χ4v) is 3.18. The lowest BCUT2D eigenvalue weighted by molar-refractivity contribution is 1.11. The highest BCUT2D eigenvalue weighted by Crippen LogP contribution is 2.45. The Bertz CT molecular complexity index is 702. The summed E-state index contributed by atoms with van der Waals surface area (Å²) in [7, 11) is 0. The average molecular weight is 225 g/mol. The zero-order valence-corrected chi connectivity index (χ0v) is 9.08. The molecule has 0 radical (unpaired) electrons. The van der Waals surface area contributed by atoms with E-state index >= 15 is 0 Å². The van der Waals surface area contributed by atoms with Gasteiger partial charge in [-0.05, 0) is 18.2 Å². The highest BCUT2D eigenvalue weighted by atomic mass is 32.2. The SMILES string of the molecule is c1cc2c3c(n[nH]c3c1)-c1ccncc1S2. The van der Waals surface area contributed by atoms with Gasteiger partial charge in [0.2, 0.25) is 0 Å².